The molecule has 1 aromatic carbocycles. The number of carboxylic acid groups (broad SMARTS) is 1. The highest BCUT2D eigenvalue weighted by Crippen LogP contribution is 2.56. The summed E-state index contributed by atoms with van der Waals surface area (Å²) in [5.74, 6) is -4.87. The molecule has 1 heterocycles. The monoisotopic (exact) mass is 464 g/mol. The van der Waals surface area contributed by atoms with Gasteiger partial charge >= 0.3 is 12.0 Å². The van der Waals surface area contributed by atoms with Crippen LogP contribution in [-0.4, -0.2) is 16.1 Å². The van der Waals surface area contributed by atoms with E-state index in [1.165, 1.54) is 23.6 Å². The quantitative estimate of drug-likeness (QED) is 0.290. The van der Waals surface area contributed by atoms with Gasteiger partial charge in [0.2, 0.25) is 0 Å². The van der Waals surface area contributed by atoms with Crippen LogP contribution in [0, 0.1) is 0 Å². The molecule has 0 unspecified atom stereocenters. The molecule has 0 aliphatic rings. The maximum Gasteiger partial charge on any atom is 0.345 e. The molecule has 12 heteroatoms. The Hall–Kier alpha value is -0.460. The van der Waals surface area contributed by atoms with Crippen molar-refractivity contribution in [2.75, 3.05) is 5.09 Å². The van der Waals surface area contributed by atoms with Gasteiger partial charge < -0.3 is 5.11 Å². The zero-order valence-electron chi connectivity index (χ0n) is 11.3. The largest absolute Gasteiger partial charge is 0.478 e. The minimum atomic E-state index is -3.60. The number of hydrogen-bond acceptors (Lipinski definition) is 4. The normalized spacial score (nSPS) is 12.3. The van der Waals surface area contributed by atoms with Gasteiger partial charge in [-0.1, -0.05) is 34.8 Å². The second-order valence-corrected chi connectivity index (χ2v) is 10.8. The fraction of sp³-hybridized carbons (Fsp3) is 0. The fourth-order valence-corrected chi connectivity index (χ4v) is 4.47. The predicted octanol–water partition coefficient (Wildman–Crippen LogP) is 6.73. The Kier molecular flexibility index (Phi) is 6.48. The highest BCUT2D eigenvalue weighted by molar-refractivity contribution is 8.09. The standard InChI is InChI=1S/C12H6Cl5N2O3PS/c13-7-1-2-8(14)10(15)5(7)3-6(11(20)21)9-4-24-12(18-9)19-23(16,17)22/h1-4H,(H,20,21)(H,18,19,22). The molecule has 0 aliphatic carbocycles. The molecule has 0 amide bonds. The third-order valence-corrected chi connectivity index (χ3v) is 5.64. The maximum absolute atomic E-state index is 11.6. The van der Waals surface area contributed by atoms with Crippen molar-refractivity contribution in [3.05, 3.63) is 43.8 Å². The van der Waals surface area contributed by atoms with Gasteiger partial charge in [-0.25, -0.2) is 9.78 Å². The lowest BCUT2D eigenvalue weighted by atomic mass is 10.1. The SMILES string of the molecule is O=C(O)C(=Cc1c(Cl)ccc(Cl)c1Cl)c1csc(NP(=O)(Cl)Cl)n1. The molecular formula is C12H6Cl5N2O3PS. The first kappa shape index (κ1) is 19.9. The summed E-state index contributed by atoms with van der Waals surface area (Å²) in [6.45, 7) is 0. The van der Waals surface area contributed by atoms with E-state index in [0.717, 1.165) is 11.3 Å². The average Bonchev–Trinajstić information content (AvgIpc) is 2.88. The lowest BCUT2D eigenvalue weighted by molar-refractivity contribution is -0.130. The highest BCUT2D eigenvalue weighted by atomic mass is 35.9. The first-order chi connectivity index (χ1) is 11.1. The number of rotatable bonds is 5. The lowest BCUT2D eigenvalue weighted by Gasteiger charge is -2.06. The number of hydrogen-bond donors (Lipinski definition) is 2. The zero-order chi connectivity index (χ0) is 18.1. The summed E-state index contributed by atoms with van der Waals surface area (Å²) in [6, 6.07) is 2.99. The molecule has 2 N–H and O–H groups in total. The van der Waals surface area contributed by atoms with Crippen LogP contribution in [0.25, 0.3) is 11.6 Å². The number of halogens is 5. The maximum atomic E-state index is 11.6. The molecule has 0 bridgehead atoms. The molecule has 0 spiro atoms. The summed E-state index contributed by atoms with van der Waals surface area (Å²) in [6.07, 6.45) is 1.25. The summed E-state index contributed by atoms with van der Waals surface area (Å²) < 4.78 is 11.3. The van der Waals surface area contributed by atoms with Crippen molar-refractivity contribution in [3.8, 4) is 0 Å². The molecule has 24 heavy (non-hydrogen) atoms. The van der Waals surface area contributed by atoms with Crippen molar-refractivity contribution in [1.82, 2.24) is 4.98 Å². The van der Waals surface area contributed by atoms with Gasteiger partial charge in [0, 0.05) is 16.0 Å². The molecule has 5 nitrogen and oxygen atoms in total. The minimum Gasteiger partial charge on any atom is -0.478 e. The molecule has 2 aromatic rings. The number of aromatic nitrogens is 1. The van der Waals surface area contributed by atoms with Crippen LogP contribution in [0.4, 0.5) is 5.13 Å². The fourth-order valence-electron chi connectivity index (χ4n) is 1.62. The van der Waals surface area contributed by atoms with Crippen LogP contribution in [0.2, 0.25) is 15.1 Å². The van der Waals surface area contributed by atoms with Gasteiger partial charge in [0.1, 0.15) is 0 Å². The van der Waals surface area contributed by atoms with E-state index in [9.17, 15) is 14.5 Å². The molecular weight excluding hydrogens is 460 g/mol. The van der Waals surface area contributed by atoms with Crippen molar-refractivity contribution in [2.45, 2.75) is 0 Å². The second kappa shape index (κ2) is 7.83. The molecule has 0 saturated heterocycles. The summed E-state index contributed by atoms with van der Waals surface area (Å²) in [5, 5.41) is 13.8. The van der Waals surface area contributed by atoms with Gasteiger partial charge in [0.25, 0.3) is 0 Å². The third-order valence-electron chi connectivity index (χ3n) is 2.60. The second-order valence-electron chi connectivity index (χ2n) is 4.23. The van der Waals surface area contributed by atoms with Crippen LogP contribution in [-0.2, 0) is 9.36 Å². The summed E-state index contributed by atoms with van der Waals surface area (Å²) in [4.78, 5) is 15.5. The molecule has 0 atom stereocenters. The smallest absolute Gasteiger partial charge is 0.345 e. The minimum absolute atomic E-state index is 0.0869. The van der Waals surface area contributed by atoms with E-state index in [0.29, 0.717) is 0 Å². The van der Waals surface area contributed by atoms with Gasteiger partial charge in [-0.05, 0) is 40.7 Å². The lowest BCUT2D eigenvalue weighted by Crippen LogP contribution is -2.00. The van der Waals surface area contributed by atoms with E-state index in [-0.39, 0.29) is 37.0 Å². The summed E-state index contributed by atoms with van der Waals surface area (Å²) >= 11 is 29.8. The molecule has 128 valence electrons. The van der Waals surface area contributed by atoms with Crippen LogP contribution < -0.4 is 5.09 Å². The predicted molar refractivity (Wildman–Crippen MR) is 102 cm³/mol. The Morgan fingerprint density at radius 2 is 1.88 bits per heavy atom. The molecule has 1 aromatic heterocycles. The number of anilines is 1. The molecule has 0 radical (unpaired) electrons. The Morgan fingerprint density at radius 3 is 2.46 bits per heavy atom. The van der Waals surface area contributed by atoms with Crippen LogP contribution in [0.5, 0.6) is 0 Å². The zero-order valence-corrected chi connectivity index (χ0v) is 16.8. The van der Waals surface area contributed by atoms with E-state index >= 15 is 0 Å². The van der Waals surface area contributed by atoms with Crippen molar-refractivity contribution >= 4 is 97.4 Å². The Labute approximate surface area is 165 Å². The summed E-state index contributed by atoms with van der Waals surface area (Å²) in [7, 11) is 0. The van der Waals surface area contributed by atoms with Crippen molar-refractivity contribution < 1.29 is 14.5 Å². The van der Waals surface area contributed by atoms with E-state index in [1.54, 1.807) is 0 Å². The molecule has 2 rings (SSSR count). The number of thiazole rings is 1. The van der Waals surface area contributed by atoms with Crippen LogP contribution in [0.1, 0.15) is 11.3 Å². The van der Waals surface area contributed by atoms with E-state index < -0.39 is 12.0 Å². The number of aliphatic carboxylic acids is 1. The van der Waals surface area contributed by atoms with Crippen LogP contribution in [0.3, 0.4) is 0 Å². The first-order valence-corrected chi connectivity index (χ1v) is 11.4. The topological polar surface area (TPSA) is 79.3 Å². The van der Waals surface area contributed by atoms with Gasteiger partial charge in [-0.15, -0.1) is 11.3 Å². The van der Waals surface area contributed by atoms with Crippen molar-refractivity contribution in [3.63, 3.8) is 0 Å². The van der Waals surface area contributed by atoms with E-state index in [4.69, 9.17) is 57.3 Å². The Bertz CT molecular complexity index is 880. The van der Waals surface area contributed by atoms with Crippen molar-refractivity contribution in [2.24, 2.45) is 0 Å². The highest BCUT2D eigenvalue weighted by Gasteiger charge is 2.20. The molecule has 0 aliphatic heterocycles. The van der Waals surface area contributed by atoms with Crippen LogP contribution >= 0.6 is 74.6 Å². The number of nitrogens with zero attached hydrogens (tertiary/aromatic N) is 1. The van der Waals surface area contributed by atoms with E-state index in [1.807, 2.05) is 0 Å². The summed E-state index contributed by atoms with van der Waals surface area (Å²) in [5.41, 5.74) is 0.138. The number of carbonyl (C=O) groups is 1. The molecule has 0 fully saturated rings. The Balaban J connectivity index is 2.50. The van der Waals surface area contributed by atoms with Crippen molar-refractivity contribution in [1.29, 1.82) is 0 Å². The third kappa shape index (κ3) is 5.02. The van der Waals surface area contributed by atoms with Crippen LogP contribution in [0.15, 0.2) is 17.5 Å². The first-order valence-electron chi connectivity index (χ1n) is 5.90. The van der Waals surface area contributed by atoms with Gasteiger partial charge in [-0.2, -0.15) is 0 Å². The number of benzene rings is 1. The Morgan fingerprint density at radius 1 is 1.25 bits per heavy atom. The van der Waals surface area contributed by atoms with Gasteiger partial charge in [0.05, 0.1) is 21.3 Å². The molecule has 0 saturated carbocycles. The number of carboxylic acids is 1. The number of nitrogens with one attached hydrogen (secondary N) is 1. The van der Waals surface area contributed by atoms with Gasteiger partial charge in [-0.3, -0.25) is 9.65 Å². The van der Waals surface area contributed by atoms with Gasteiger partial charge in [0.15, 0.2) is 5.13 Å². The van der Waals surface area contributed by atoms with E-state index in [2.05, 4.69) is 10.1 Å². The average molecular weight is 466 g/mol.